The Balaban J connectivity index is 2.06. The highest BCUT2D eigenvalue weighted by Gasteiger charge is 2.37. The van der Waals surface area contributed by atoms with Gasteiger partial charge < -0.3 is 14.6 Å². The largest absolute Gasteiger partial charge is 0.502 e. The second kappa shape index (κ2) is 7.16. The summed E-state index contributed by atoms with van der Waals surface area (Å²) in [5.41, 5.74) is 0.313. The zero-order valence-corrected chi connectivity index (χ0v) is 14.4. The smallest absolute Gasteiger partial charge is 0.336 e. The molecule has 1 aliphatic rings. The standard InChI is InChI=1S/C18H15N3O6/c1-26-13-7-10(8-14(27-2)15(13)22)6-12-16(23)20-18(25)21(17(12)24)11-4-3-5-19-9-11/h3-9,22H,1-2H3,(H,20,23,25)/b12-6+. The number of methoxy groups -OCH3 is 2. The molecule has 1 aliphatic heterocycles. The molecule has 9 nitrogen and oxygen atoms in total. The van der Waals surface area contributed by atoms with Crippen LogP contribution >= 0.6 is 0 Å². The highest BCUT2D eigenvalue weighted by atomic mass is 16.5. The van der Waals surface area contributed by atoms with Crippen molar-refractivity contribution in [2.24, 2.45) is 0 Å². The summed E-state index contributed by atoms with van der Waals surface area (Å²) in [6.07, 6.45) is 4.10. The van der Waals surface area contributed by atoms with Gasteiger partial charge in [-0.2, -0.15) is 0 Å². The fourth-order valence-electron chi connectivity index (χ4n) is 2.54. The van der Waals surface area contributed by atoms with Crippen LogP contribution in [0.5, 0.6) is 17.2 Å². The number of hydrogen-bond donors (Lipinski definition) is 2. The third kappa shape index (κ3) is 3.30. The van der Waals surface area contributed by atoms with E-state index in [0.717, 1.165) is 4.90 Å². The number of pyridine rings is 1. The van der Waals surface area contributed by atoms with Gasteiger partial charge in [-0.15, -0.1) is 0 Å². The molecule has 0 atom stereocenters. The minimum absolute atomic E-state index is 0.102. The molecule has 0 radical (unpaired) electrons. The molecule has 0 aliphatic carbocycles. The van der Waals surface area contributed by atoms with Gasteiger partial charge in [0.2, 0.25) is 5.75 Å². The van der Waals surface area contributed by atoms with Crippen LogP contribution in [0, 0.1) is 0 Å². The molecule has 3 rings (SSSR count). The zero-order chi connectivity index (χ0) is 19.6. The van der Waals surface area contributed by atoms with Gasteiger partial charge in [-0.1, -0.05) is 0 Å². The number of hydrogen-bond acceptors (Lipinski definition) is 7. The Hall–Kier alpha value is -3.88. The summed E-state index contributed by atoms with van der Waals surface area (Å²) >= 11 is 0. The van der Waals surface area contributed by atoms with Crippen LogP contribution in [-0.2, 0) is 9.59 Å². The highest BCUT2D eigenvalue weighted by Crippen LogP contribution is 2.37. The number of imide groups is 2. The van der Waals surface area contributed by atoms with Crippen molar-refractivity contribution in [3.05, 3.63) is 47.8 Å². The quantitative estimate of drug-likeness (QED) is 0.619. The number of urea groups is 1. The topological polar surface area (TPSA) is 118 Å². The van der Waals surface area contributed by atoms with Crippen molar-refractivity contribution >= 4 is 29.6 Å². The van der Waals surface area contributed by atoms with E-state index < -0.39 is 17.8 Å². The molecule has 4 amide bonds. The lowest BCUT2D eigenvalue weighted by molar-refractivity contribution is -0.122. The number of amides is 4. The summed E-state index contributed by atoms with van der Waals surface area (Å²) in [6.45, 7) is 0. The maximum absolute atomic E-state index is 12.8. The molecule has 1 fully saturated rings. The SMILES string of the molecule is COc1cc(/C=C2\C(=O)NC(=O)N(c3cccnc3)C2=O)cc(OC)c1O. The van der Waals surface area contributed by atoms with Crippen LogP contribution in [0.2, 0.25) is 0 Å². The summed E-state index contributed by atoms with van der Waals surface area (Å²) in [5, 5.41) is 12.1. The molecule has 0 saturated carbocycles. The first-order valence-electron chi connectivity index (χ1n) is 7.72. The summed E-state index contributed by atoms with van der Waals surface area (Å²) in [6, 6.07) is 5.07. The van der Waals surface area contributed by atoms with Gasteiger partial charge in [0.1, 0.15) is 5.57 Å². The number of benzene rings is 1. The Kier molecular flexibility index (Phi) is 4.75. The molecule has 138 valence electrons. The molecular weight excluding hydrogens is 354 g/mol. The van der Waals surface area contributed by atoms with E-state index in [4.69, 9.17) is 9.47 Å². The number of phenols is 1. The van der Waals surface area contributed by atoms with Crippen molar-refractivity contribution in [3.8, 4) is 17.2 Å². The van der Waals surface area contributed by atoms with Crippen LogP contribution in [-0.4, -0.2) is 42.2 Å². The number of nitrogens with one attached hydrogen (secondary N) is 1. The molecule has 2 N–H and O–H groups in total. The van der Waals surface area contributed by atoms with Crippen molar-refractivity contribution < 1.29 is 29.0 Å². The lowest BCUT2D eigenvalue weighted by atomic mass is 10.1. The molecule has 9 heteroatoms. The van der Waals surface area contributed by atoms with Crippen LogP contribution in [0.25, 0.3) is 6.08 Å². The number of nitrogens with zero attached hydrogens (tertiary/aromatic N) is 2. The average molecular weight is 369 g/mol. The minimum atomic E-state index is -0.865. The van der Waals surface area contributed by atoms with Gasteiger partial charge in [0.25, 0.3) is 11.8 Å². The molecule has 2 aromatic rings. The summed E-state index contributed by atoms with van der Waals surface area (Å²) < 4.78 is 10.1. The number of aromatic hydroxyl groups is 1. The third-order valence-electron chi connectivity index (χ3n) is 3.82. The molecule has 0 spiro atoms. The first-order chi connectivity index (χ1) is 13.0. The first kappa shape index (κ1) is 17.9. The van der Waals surface area contributed by atoms with Gasteiger partial charge in [0.05, 0.1) is 26.1 Å². The lowest BCUT2D eigenvalue weighted by Gasteiger charge is -2.26. The van der Waals surface area contributed by atoms with Gasteiger partial charge in [0, 0.05) is 6.20 Å². The number of anilines is 1. The van der Waals surface area contributed by atoms with Crippen molar-refractivity contribution in [1.82, 2.24) is 10.3 Å². The van der Waals surface area contributed by atoms with Crippen LogP contribution in [0.15, 0.2) is 42.2 Å². The van der Waals surface area contributed by atoms with E-state index in [1.807, 2.05) is 0 Å². The monoisotopic (exact) mass is 369 g/mol. The number of carbonyl (C=O) groups excluding carboxylic acids is 3. The fourth-order valence-corrected chi connectivity index (χ4v) is 2.54. The molecule has 1 aromatic carbocycles. The Morgan fingerprint density at radius 3 is 2.37 bits per heavy atom. The third-order valence-corrected chi connectivity index (χ3v) is 3.82. The van der Waals surface area contributed by atoms with Gasteiger partial charge >= 0.3 is 6.03 Å². The second-order valence-corrected chi connectivity index (χ2v) is 5.44. The Morgan fingerprint density at radius 1 is 1.15 bits per heavy atom. The lowest BCUT2D eigenvalue weighted by Crippen LogP contribution is -2.54. The predicted molar refractivity (Wildman–Crippen MR) is 94.4 cm³/mol. The van der Waals surface area contributed by atoms with Crippen LogP contribution in [0.3, 0.4) is 0 Å². The van der Waals surface area contributed by atoms with Crippen LogP contribution < -0.4 is 19.7 Å². The van der Waals surface area contributed by atoms with Crippen molar-refractivity contribution in [3.63, 3.8) is 0 Å². The summed E-state index contributed by atoms with van der Waals surface area (Å²) in [5.74, 6) is -1.65. The van der Waals surface area contributed by atoms with Gasteiger partial charge in [-0.3, -0.25) is 19.9 Å². The van der Waals surface area contributed by atoms with E-state index in [1.54, 1.807) is 6.07 Å². The molecule has 0 bridgehead atoms. The van der Waals surface area contributed by atoms with E-state index in [0.29, 0.717) is 5.56 Å². The molecule has 27 heavy (non-hydrogen) atoms. The van der Waals surface area contributed by atoms with Crippen LogP contribution in [0.1, 0.15) is 5.56 Å². The Labute approximate surface area is 153 Å². The molecule has 0 unspecified atom stereocenters. The van der Waals surface area contributed by atoms with Gasteiger partial charge in [0.15, 0.2) is 11.5 Å². The molecule has 1 saturated heterocycles. The molecular formula is C18H15N3O6. The molecule has 2 heterocycles. The van der Waals surface area contributed by atoms with Gasteiger partial charge in [-0.05, 0) is 35.9 Å². The second-order valence-electron chi connectivity index (χ2n) is 5.44. The fraction of sp³-hybridized carbons (Fsp3) is 0.111. The summed E-state index contributed by atoms with van der Waals surface area (Å²) in [7, 11) is 2.71. The van der Waals surface area contributed by atoms with Crippen molar-refractivity contribution in [1.29, 1.82) is 0 Å². The first-order valence-corrected chi connectivity index (χ1v) is 7.72. The summed E-state index contributed by atoms with van der Waals surface area (Å²) in [4.78, 5) is 41.8. The van der Waals surface area contributed by atoms with E-state index in [-0.39, 0.29) is 28.5 Å². The van der Waals surface area contributed by atoms with E-state index in [1.165, 1.54) is 50.9 Å². The zero-order valence-electron chi connectivity index (χ0n) is 14.4. The van der Waals surface area contributed by atoms with Gasteiger partial charge in [-0.25, -0.2) is 9.69 Å². The number of aromatic nitrogens is 1. The van der Waals surface area contributed by atoms with E-state index in [9.17, 15) is 19.5 Å². The maximum Gasteiger partial charge on any atom is 0.336 e. The van der Waals surface area contributed by atoms with Crippen LogP contribution in [0.4, 0.5) is 10.5 Å². The predicted octanol–water partition coefficient (Wildman–Crippen LogP) is 1.47. The normalized spacial score (nSPS) is 15.7. The Morgan fingerprint density at radius 2 is 1.81 bits per heavy atom. The average Bonchev–Trinajstić information content (AvgIpc) is 2.66. The maximum atomic E-state index is 12.8. The van der Waals surface area contributed by atoms with Crippen molar-refractivity contribution in [2.75, 3.05) is 19.1 Å². The Bertz CT molecular complexity index is 930. The highest BCUT2D eigenvalue weighted by molar-refractivity contribution is 6.39. The van der Waals surface area contributed by atoms with E-state index in [2.05, 4.69) is 10.3 Å². The number of rotatable bonds is 4. The number of barbiturate groups is 1. The van der Waals surface area contributed by atoms with E-state index >= 15 is 0 Å². The number of carbonyl (C=O) groups is 3. The minimum Gasteiger partial charge on any atom is -0.502 e. The molecule has 1 aromatic heterocycles. The number of ether oxygens (including phenoxy) is 2. The van der Waals surface area contributed by atoms with Crippen molar-refractivity contribution in [2.45, 2.75) is 0 Å². The number of phenolic OH excluding ortho intramolecular Hbond substituents is 1.